The molecule has 0 aliphatic rings. The summed E-state index contributed by atoms with van der Waals surface area (Å²) in [5.74, 6) is 0.867. The fraction of sp³-hybridized carbons (Fsp3) is 0.647. The van der Waals surface area contributed by atoms with Crippen molar-refractivity contribution in [3.8, 4) is 0 Å². The minimum absolute atomic E-state index is 0.145. The number of nitrogens with one attached hydrogen (secondary N) is 1. The Kier molecular flexibility index (Phi) is 8.47. The van der Waals surface area contributed by atoms with Gasteiger partial charge < -0.3 is 10.1 Å². The highest BCUT2D eigenvalue weighted by atomic mass is 19.1. The SMILES string of the molecule is COCCCCC(CNCC(C)C)c1cccc(F)c1. The molecule has 3 heteroatoms. The van der Waals surface area contributed by atoms with E-state index < -0.39 is 0 Å². The van der Waals surface area contributed by atoms with Crippen molar-refractivity contribution in [2.24, 2.45) is 5.92 Å². The lowest BCUT2D eigenvalue weighted by molar-refractivity contribution is 0.191. The van der Waals surface area contributed by atoms with Crippen LogP contribution < -0.4 is 5.32 Å². The summed E-state index contributed by atoms with van der Waals surface area (Å²) >= 11 is 0. The molecule has 0 saturated carbocycles. The van der Waals surface area contributed by atoms with E-state index in [2.05, 4.69) is 19.2 Å². The van der Waals surface area contributed by atoms with Crippen LogP contribution in [0.2, 0.25) is 0 Å². The summed E-state index contributed by atoms with van der Waals surface area (Å²) in [6, 6.07) is 7.00. The number of rotatable bonds is 10. The Balaban J connectivity index is 2.53. The van der Waals surface area contributed by atoms with E-state index in [4.69, 9.17) is 4.74 Å². The maximum Gasteiger partial charge on any atom is 0.123 e. The van der Waals surface area contributed by atoms with Crippen LogP contribution in [0, 0.1) is 11.7 Å². The molecule has 1 aromatic rings. The fourth-order valence-electron chi connectivity index (χ4n) is 2.33. The van der Waals surface area contributed by atoms with Gasteiger partial charge in [-0.2, -0.15) is 0 Å². The largest absolute Gasteiger partial charge is 0.385 e. The van der Waals surface area contributed by atoms with E-state index in [0.29, 0.717) is 11.8 Å². The Morgan fingerprint density at radius 3 is 2.65 bits per heavy atom. The van der Waals surface area contributed by atoms with Crippen molar-refractivity contribution >= 4 is 0 Å². The summed E-state index contributed by atoms with van der Waals surface area (Å²) in [7, 11) is 1.73. The Hall–Kier alpha value is -0.930. The summed E-state index contributed by atoms with van der Waals surface area (Å²) in [4.78, 5) is 0. The summed E-state index contributed by atoms with van der Waals surface area (Å²) in [6.45, 7) is 7.11. The number of unbranched alkanes of at least 4 members (excludes halogenated alkanes) is 1. The van der Waals surface area contributed by atoms with Crippen molar-refractivity contribution in [3.63, 3.8) is 0 Å². The van der Waals surface area contributed by atoms with Crippen LogP contribution in [-0.4, -0.2) is 26.8 Å². The van der Waals surface area contributed by atoms with Crippen molar-refractivity contribution in [2.45, 2.75) is 39.0 Å². The second-order valence-corrected chi connectivity index (χ2v) is 5.79. The van der Waals surface area contributed by atoms with Gasteiger partial charge in [-0.25, -0.2) is 4.39 Å². The molecule has 114 valence electrons. The van der Waals surface area contributed by atoms with Crippen LogP contribution in [0.3, 0.4) is 0 Å². The maximum absolute atomic E-state index is 13.4. The van der Waals surface area contributed by atoms with Gasteiger partial charge in [0.25, 0.3) is 0 Å². The number of hydrogen-bond donors (Lipinski definition) is 1. The third kappa shape index (κ3) is 7.01. The zero-order valence-corrected chi connectivity index (χ0v) is 13.0. The maximum atomic E-state index is 13.4. The van der Waals surface area contributed by atoms with Gasteiger partial charge in [0.05, 0.1) is 0 Å². The van der Waals surface area contributed by atoms with Gasteiger partial charge in [-0.3, -0.25) is 0 Å². The zero-order chi connectivity index (χ0) is 14.8. The molecule has 1 rings (SSSR count). The van der Waals surface area contributed by atoms with E-state index in [0.717, 1.165) is 44.5 Å². The Morgan fingerprint density at radius 2 is 2.00 bits per heavy atom. The molecule has 0 bridgehead atoms. The molecule has 0 heterocycles. The van der Waals surface area contributed by atoms with Crippen LogP contribution in [-0.2, 0) is 4.74 Å². The second-order valence-electron chi connectivity index (χ2n) is 5.79. The van der Waals surface area contributed by atoms with E-state index in [9.17, 15) is 4.39 Å². The van der Waals surface area contributed by atoms with E-state index >= 15 is 0 Å². The first kappa shape index (κ1) is 17.1. The molecule has 0 saturated heterocycles. The first-order valence-electron chi connectivity index (χ1n) is 7.58. The summed E-state index contributed by atoms with van der Waals surface area (Å²) in [5, 5.41) is 3.49. The molecule has 0 amide bonds. The molecule has 0 aromatic heterocycles. The van der Waals surface area contributed by atoms with Crippen LogP contribution in [0.25, 0.3) is 0 Å². The zero-order valence-electron chi connectivity index (χ0n) is 13.0. The predicted molar refractivity (Wildman–Crippen MR) is 82.6 cm³/mol. The first-order valence-corrected chi connectivity index (χ1v) is 7.58. The van der Waals surface area contributed by atoms with Gasteiger partial charge in [0, 0.05) is 20.3 Å². The highest BCUT2D eigenvalue weighted by Crippen LogP contribution is 2.22. The Bertz CT molecular complexity index is 368. The molecule has 1 N–H and O–H groups in total. The summed E-state index contributed by atoms with van der Waals surface area (Å²) < 4.78 is 18.5. The number of methoxy groups -OCH3 is 1. The van der Waals surface area contributed by atoms with Crippen LogP contribution in [0.4, 0.5) is 4.39 Å². The predicted octanol–water partition coefficient (Wildman–Crippen LogP) is 3.97. The third-order valence-electron chi connectivity index (χ3n) is 3.41. The van der Waals surface area contributed by atoms with E-state index in [1.54, 1.807) is 19.2 Å². The minimum atomic E-state index is -0.145. The second kappa shape index (κ2) is 9.89. The average molecular weight is 281 g/mol. The van der Waals surface area contributed by atoms with Crippen molar-refractivity contribution in [3.05, 3.63) is 35.6 Å². The highest BCUT2D eigenvalue weighted by molar-refractivity contribution is 5.21. The number of halogens is 1. The van der Waals surface area contributed by atoms with Crippen LogP contribution in [0.1, 0.15) is 44.6 Å². The Morgan fingerprint density at radius 1 is 1.20 bits per heavy atom. The van der Waals surface area contributed by atoms with Gasteiger partial charge >= 0.3 is 0 Å². The number of hydrogen-bond acceptors (Lipinski definition) is 2. The smallest absolute Gasteiger partial charge is 0.123 e. The van der Waals surface area contributed by atoms with Gasteiger partial charge in [0.1, 0.15) is 5.82 Å². The standard InChI is InChI=1S/C17H28FNO/c1-14(2)12-19-13-16(7-4-5-10-20-3)15-8-6-9-17(18)11-15/h6,8-9,11,14,16,19H,4-5,7,10,12-13H2,1-3H3. The fourth-order valence-corrected chi connectivity index (χ4v) is 2.33. The molecular formula is C17H28FNO. The van der Waals surface area contributed by atoms with Gasteiger partial charge in [-0.15, -0.1) is 0 Å². The number of ether oxygens (including phenoxy) is 1. The van der Waals surface area contributed by atoms with Crippen molar-refractivity contribution in [1.29, 1.82) is 0 Å². The molecule has 2 nitrogen and oxygen atoms in total. The monoisotopic (exact) mass is 281 g/mol. The Labute approximate surface area is 122 Å². The molecule has 0 fully saturated rings. The van der Waals surface area contributed by atoms with Crippen molar-refractivity contribution < 1.29 is 9.13 Å². The third-order valence-corrected chi connectivity index (χ3v) is 3.41. The molecule has 0 radical (unpaired) electrons. The molecule has 20 heavy (non-hydrogen) atoms. The van der Waals surface area contributed by atoms with Crippen molar-refractivity contribution in [2.75, 3.05) is 26.8 Å². The quantitative estimate of drug-likeness (QED) is 0.655. The van der Waals surface area contributed by atoms with Gasteiger partial charge in [0.15, 0.2) is 0 Å². The van der Waals surface area contributed by atoms with Crippen LogP contribution in [0.15, 0.2) is 24.3 Å². The lowest BCUT2D eigenvalue weighted by Crippen LogP contribution is -2.25. The van der Waals surface area contributed by atoms with Gasteiger partial charge in [-0.1, -0.05) is 32.4 Å². The lowest BCUT2D eigenvalue weighted by atomic mass is 9.93. The number of benzene rings is 1. The molecule has 1 atom stereocenters. The van der Waals surface area contributed by atoms with E-state index in [-0.39, 0.29) is 5.82 Å². The molecule has 0 spiro atoms. The topological polar surface area (TPSA) is 21.3 Å². The van der Waals surface area contributed by atoms with Crippen LogP contribution in [0.5, 0.6) is 0 Å². The van der Waals surface area contributed by atoms with E-state index in [1.807, 2.05) is 6.07 Å². The minimum Gasteiger partial charge on any atom is -0.385 e. The normalized spacial score (nSPS) is 12.8. The summed E-state index contributed by atoms with van der Waals surface area (Å²) in [5.41, 5.74) is 1.10. The van der Waals surface area contributed by atoms with Crippen molar-refractivity contribution in [1.82, 2.24) is 5.32 Å². The highest BCUT2D eigenvalue weighted by Gasteiger charge is 2.12. The van der Waals surface area contributed by atoms with Crippen LogP contribution >= 0.6 is 0 Å². The van der Waals surface area contributed by atoms with Gasteiger partial charge in [0.2, 0.25) is 0 Å². The molecule has 1 aromatic carbocycles. The average Bonchev–Trinajstić information content (AvgIpc) is 2.41. The molecule has 0 aliphatic carbocycles. The molecule has 0 aliphatic heterocycles. The van der Waals surface area contributed by atoms with Gasteiger partial charge in [-0.05, 0) is 48.9 Å². The van der Waals surface area contributed by atoms with E-state index in [1.165, 1.54) is 6.07 Å². The molecule has 1 unspecified atom stereocenters. The first-order chi connectivity index (χ1) is 9.63. The lowest BCUT2D eigenvalue weighted by Gasteiger charge is -2.19. The molecular weight excluding hydrogens is 253 g/mol. The summed E-state index contributed by atoms with van der Waals surface area (Å²) in [6.07, 6.45) is 3.24.